The van der Waals surface area contributed by atoms with Crippen molar-refractivity contribution in [3.63, 3.8) is 0 Å². The van der Waals surface area contributed by atoms with Crippen molar-refractivity contribution in [1.29, 1.82) is 0 Å². The fourth-order valence-corrected chi connectivity index (χ4v) is 2.88. The molecule has 0 bridgehead atoms. The molecule has 2 aliphatic heterocycles. The molecule has 0 aromatic heterocycles. The lowest BCUT2D eigenvalue weighted by Gasteiger charge is -2.38. The second-order valence-electron chi connectivity index (χ2n) is 5.90. The Hall–Kier alpha value is -1.70. The van der Waals surface area contributed by atoms with Gasteiger partial charge in [-0.2, -0.15) is 0 Å². The van der Waals surface area contributed by atoms with Crippen molar-refractivity contribution in [2.75, 3.05) is 25.0 Å². The van der Waals surface area contributed by atoms with Gasteiger partial charge in [0.25, 0.3) is 0 Å². The van der Waals surface area contributed by atoms with E-state index in [9.17, 15) is 14.3 Å². The average Bonchev–Trinajstić information content (AvgIpc) is 2.50. The molecule has 2 aliphatic rings. The summed E-state index contributed by atoms with van der Waals surface area (Å²) >= 11 is 0. The van der Waals surface area contributed by atoms with E-state index in [1.807, 2.05) is 0 Å². The number of halogens is 1. The standard InChI is InChI=1S/C15H20FN3O3/c16-10-2-3-11(9-1-4-13(20)19-14(9)10)22-8-15(21)5-6-18-7-12(15)17/h2-3,12,18,21H,1,4-8,17H2,(H,19,20). The van der Waals surface area contributed by atoms with E-state index < -0.39 is 17.5 Å². The number of carbonyl (C=O) groups excluding carboxylic acids is 1. The van der Waals surface area contributed by atoms with Gasteiger partial charge in [0, 0.05) is 24.6 Å². The van der Waals surface area contributed by atoms with Crippen molar-refractivity contribution in [2.45, 2.75) is 30.9 Å². The second-order valence-corrected chi connectivity index (χ2v) is 5.90. The third-order valence-corrected chi connectivity index (χ3v) is 4.35. The number of aliphatic hydroxyl groups is 1. The molecule has 7 heteroatoms. The van der Waals surface area contributed by atoms with Gasteiger partial charge in [0.1, 0.15) is 23.8 Å². The quantitative estimate of drug-likeness (QED) is 0.637. The number of piperidine rings is 1. The SMILES string of the molecule is NC1CNCCC1(O)COc1ccc(F)c2c1CCC(=O)N2. The second kappa shape index (κ2) is 5.83. The van der Waals surface area contributed by atoms with E-state index in [4.69, 9.17) is 10.5 Å². The van der Waals surface area contributed by atoms with E-state index in [0.717, 1.165) is 0 Å². The number of ether oxygens (including phenoxy) is 1. The van der Waals surface area contributed by atoms with Crippen LogP contribution in [0.4, 0.5) is 10.1 Å². The van der Waals surface area contributed by atoms with Crippen molar-refractivity contribution in [2.24, 2.45) is 5.73 Å². The third kappa shape index (κ3) is 2.79. The molecule has 120 valence electrons. The highest BCUT2D eigenvalue weighted by molar-refractivity contribution is 5.94. The first-order valence-corrected chi connectivity index (χ1v) is 7.42. The Labute approximate surface area is 127 Å². The fraction of sp³-hybridized carbons (Fsp3) is 0.533. The van der Waals surface area contributed by atoms with Gasteiger partial charge in [-0.05, 0) is 31.5 Å². The molecule has 2 atom stereocenters. The van der Waals surface area contributed by atoms with Gasteiger partial charge >= 0.3 is 0 Å². The number of carbonyl (C=O) groups is 1. The highest BCUT2D eigenvalue weighted by Crippen LogP contribution is 2.34. The Kier molecular flexibility index (Phi) is 4.03. The highest BCUT2D eigenvalue weighted by Gasteiger charge is 2.38. The summed E-state index contributed by atoms with van der Waals surface area (Å²) in [5.41, 5.74) is 5.65. The van der Waals surface area contributed by atoms with Crippen LogP contribution in [0, 0.1) is 5.82 Å². The van der Waals surface area contributed by atoms with E-state index in [-0.39, 0.29) is 18.2 Å². The predicted octanol–water partition coefficient (Wildman–Crippen LogP) is 0.141. The van der Waals surface area contributed by atoms with Crippen LogP contribution in [0.25, 0.3) is 0 Å². The molecule has 2 unspecified atom stereocenters. The molecule has 1 saturated heterocycles. The highest BCUT2D eigenvalue weighted by atomic mass is 19.1. The fourth-order valence-electron chi connectivity index (χ4n) is 2.88. The van der Waals surface area contributed by atoms with Gasteiger partial charge in [0.05, 0.1) is 5.69 Å². The molecule has 6 nitrogen and oxygen atoms in total. The molecule has 0 spiro atoms. The molecule has 0 aliphatic carbocycles. The monoisotopic (exact) mass is 309 g/mol. The van der Waals surface area contributed by atoms with Crippen LogP contribution >= 0.6 is 0 Å². The minimum atomic E-state index is -1.11. The summed E-state index contributed by atoms with van der Waals surface area (Å²) in [6, 6.07) is 2.37. The molecular weight excluding hydrogens is 289 g/mol. The van der Waals surface area contributed by atoms with Crippen molar-refractivity contribution in [3.05, 3.63) is 23.5 Å². The van der Waals surface area contributed by atoms with Gasteiger partial charge in [0.15, 0.2) is 0 Å². The van der Waals surface area contributed by atoms with Gasteiger partial charge in [-0.15, -0.1) is 0 Å². The smallest absolute Gasteiger partial charge is 0.224 e. The first-order chi connectivity index (χ1) is 10.5. The first kappa shape index (κ1) is 15.2. The number of nitrogens with two attached hydrogens (primary N) is 1. The van der Waals surface area contributed by atoms with Crippen LogP contribution in [0.2, 0.25) is 0 Å². The lowest BCUT2D eigenvalue weighted by Crippen LogP contribution is -2.61. The molecule has 22 heavy (non-hydrogen) atoms. The topological polar surface area (TPSA) is 96.6 Å². The van der Waals surface area contributed by atoms with Crippen molar-refractivity contribution < 1.29 is 19.0 Å². The van der Waals surface area contributed by atoms with Crippen LogP contribution in [-0.4, -0.2) is 42.4 Å². The van der Waals surface area contributed by atoms with Crippen LogP contribution in [0.5, 0.6) is 5.75 Å². The summed E-state index contributed by atoms with van der Waals surface area (Å²) in [5.74, 6) is -0.203. The Morgan fingerprint density at radius 3 is 3.05 bits per heavy atom. The lowest BCUT2D eigenvalue weighted by molar-refractivity contribution is -0.116. The van der Waals surface area contributed by atoms with Gasteiger partial charge in [-0.25, -0.2) is 4.39 Å². The number of amides is 1. The number of rotatable bonds is 3. The van der Waals surface area contributed by atoms with Crippen LogP contribution in [0.3, 0.4) is 0 Å². The number of fused-ring (bicyclic) bond motifs is 1. The van der Waals surface area contributed by atoms with Crippen LogP contribution in [0.1, 0.15) is 18.4 Å². The lowest BCUT2D eigenvalue weighted by atomic mass is 9.89. The van der Waals surface area contributed by atoms with E-state index >= 15 is 0 Å². The number of hydrogen-bond donors (Lipinski definition) is 4. The molecule has 1 aromatic rings. The molecule has 2 heterocycles. The van der Waals surface area contributed by atoms with E-state index in [1.54, 1.807) is 0 Å². The van der Waals surface area contributed by atoms with Crippen LogP contribution in [-0.2, 0) is 11.2 Å². The zero-order chi connectivity index (χ0) is 15.7. The Morgan fingerprint density at radius 2 is 2.27 bits per heavy atom. The molecule has 5 N–H and O–H groups in total. The summed E-state index contributed by atoms with van der Waals surface area (Å²) in [5, 5.41) is 16.2. The van der Waals surface area contributed by atoms with E-state index in [1.165, 1.54) is 12.1 Å². The first-order valence-electron chi connectivity index (χ1n) is 7.42. The average molecular weight is 309 g/mol. The Balaban J connectivity index is 1.78. The number of nitrogens with one attached hydrogen (secondary N) is 2. The van der Waals surface area contributed by atoms with Crippen molar-refractivity contribution in [1.82, 2.24) is 5.32 Å². The summed E-state index contributed by atoms with van der Waals surface area (Å²) in [6.07, 6.45) is 1.20. The van der Waals surface area contributed by atoms with Gasteiger partial charge in [-0.3, -0.25) is 4.79 Å². The van der Waals surface area contributed by atoms with Crippen LogP contribution < -0.4 is 21.1 Å². The Morgan fingerprint density at radius 1 is 1.45 bits per heavy atom. The number of benzene rings is 1. The van der Waals surface area contributed by atoms with Crippen molar-refractivity contribution >= 4 is 11.6 Å². The molecule has 1 aromatic carbocycles. The summed E-state index contributed by atoms with van der Waals surface area (Å²) in [6.45, 7) is 1.24. The zero-order valence-corrected chi connectivity index (χ0v) is 12.2. The van der Waals surface area contributed by atoms with Gasteiger partial charge in [-0.1, -0.05) is 0 Å². The van der Waals surface area contributed by atoms with E-state index in [2.05, 4.69) is 10.6 Å². The normalized spacial score (nSPS) is 28.0. The minimum absolute atomic E-state index is 0.0435. The molecular formula is C15H20FN3O3. The molecule has 0 saturated carbocycles. The van der Waals surface area contributed by atoms with Gasteiger partial charge < -0.3 is 26.2 Å². The van der Waals surface area contributed by atoms with Crippen molar-refractivity contribution in [3.8, 4) is 5.75 Å². The molecule has 3 rings (SSSR count). The molecule has 1 amide bonds. The van der Waals surface area contributed by atoms with Gasteiger partial charge in [0.2, 0.25) is 5.91 Å². The maximum atomic E-state index is 13.8. The largest absolute Gasteiger partial charge is 0.490 e. The summed E-state index contributed by atoms with van der Waals surface area (Å²) < 4.78 is 19.5. The summed E-state index contributed by atoms with van der Waals surface area (Å²) in [4.78, 5) is 11.4. The predicted molar refractivity (Wildman–Crippen MR) is 79.3 cm³/mol. The summed E-state index contributed by atoms with van der Waals surface area (Å²) in [7, 11) is 0. The van der Waals surface area contributed by atoms with E-state index in [0.29, 0.717) is 43.7 Å². The third-order valence-electron chi connectivity index (χ3n) is 4.35. The molecule has 0 radical (unpaired) electrons. The number of anilines is 1. The van der Waals surface area contributed by atoms with Crippen LogP contribution in [0.15, 0.2) is 12.1 Å². The Bertz CT molecular complexity index is 596. The zero-order valence-electron chi connectivity index (χ0n) is 12.2. The molecule has 1 fully saturated rings. The number of hydrogen-bond acceptors (Lipinski definition) is 5. The maximum Gasteiger partial charge on any atom is 0.224 e. The minimum Gasteiger partial charge on any atom is -0.490 e. The maximum absolute atomic E-state index is 13.8.